The number of nitrogens with two attached hydrogens (primary N) is 1. The Kier molecular flexibility index (Phi) is 2.97. The van der Waals surface area contributed by atoms with Crippen molar-refractivity contribution >= 4 is 29.3 Å². The maximum Gasteiger partial charge on any atom is 0.222 e. The normalized spacial score (nSPS) is 10.7. The number of hydrogen-bond acceptors (Lipinski definition) is 6. The van der Waals surface area contributed by atoms with Crippen LogP contribution in [0.25, 0.3) is 0 Å². The van der Waals surface area contributed by atoms with Crippen LogP contribution in [-0.2, 0) is 7.05 Å². The van der Waals surface area contributed by atoms with Crippen molar-refractivity contribution in [1.29, 1.82) is 0 Å². The molecule has 8 heteroatoms. The standard InChI is InChI=1S/C8H9ClN6S/c1-4-13-14-8(15(4)2)16-6-3-5(9)11-7(10)12-6/h3H,1-2H3,(H2,10,11,12). The summed E-state index contributed by atoms with van der Waals surface area (Å²) >= 11 is 7.11. The number of rotatable bonds is 2. The number of nitrogen functional groups attached to an aromatic ring is 1. The van der Waals surface area contributed by atoms with Crippen LogP contribution in [0.2, 0.25) is 5.15 Å². The van der Waals surface area contributed by atoms with Gasteiger partial charge in [0.1, 0.15) is 16.0 Å². The van der Waals surface area contributed by atoms with Gasteiger partial charge >= 0.3 is 0 Å². The van der Waals surface area contributed by atoms with Crippen molar-refractivity contribution in [2.45, 2.75) is 17.1 Å². The van der Waals surface area contributed by atoms with Crippen LogP contribution >= 0.6 is 23.4 Å². The molecule has 0 aliphatic rings. The molecular weight excluding hydrogens is 248 g/mol. The van der Waals surface area contributed by atoms with Gasteiger partial charge in [0.25, 0.3) is 0 Å². The highest BCUT2D eigenvalue weighted by atomic mass is 35.5. The third kappa shape index (κ3) is 2.25. The first-order valence-electron chi connectivity index (χ1n) is 4.40. The summed E-state index contributed by atoms with van der Waals surface area (Å²) in [6, 6.07) is 1.63. The monoisotopic (exact) mass is 256 g/mol. The Hall–Kier alpha value is -1.34. The van der Waals surface area contributed by atoms with Gasteiger partial charge in [-0.3, -0.25) is 0 Å². The van der Waals surface area contributed by atoms with E-state index in [1.54, 1.807) is 6.07 Å². The smallest absolute Gasteiger partial charge is 0.222 e. The number of anilines is 1. The van der Waals surface area contributed by atoms with E-state index in [9.17, 15) is 0 Å². The maximum atomic E-state index is 5.77. The number of aryl methyl sites for hydroxylation is 1. The highest BCUT2D eigenvalue weighted by molar-refractivity contribution is 7.99. The Balaban J connectivity index is 2.30. The molecule has 0 radical (unpaired) electrons. The average Bonchev–Trinajstić information content (AvgIpc) is 2.48. The number of nitrogens with zero attached hydrogens (tertiary/aromatic N) is 5. The maximum absolute atomic E-state index is 5.77. The Morgan fingerprint density at radius 3 is 2.69 bits per heavy atom. The molecule has 2 N–H and O–H groups in total. The van der Waals surface area contributed by atoms with E-state index in [0.29, 0.717) is 10.2 Å². The summed E-state index contributed by atoms with van der Waals surface area (Å²) in [4.78, 5) is 7.82. The van der Waals surface area contributed by atoms with E-state index in [0.717, 1.165) is 11.0 Å². The van der Waals surface area contributed by atoms with E-state index in [2.05, 4.69) is 20.2 Å². The van der Waals surface area contributed by atoms with Gasteiger partial charge in [-0.15, -0.1) is 10.2 Å². The molecule has 2 rings (SSSR count). The van der Waals surface area contributed by atoms with Crippen molar-refractivity contribution in [3.8, 4) is 0 Å². The first kappa shape index (κ1) is 11.2. The lowest BCUT2D eigenvalue weighted by molar-refractivity contribution is 0.764. The highest BCUT2D eigenvalue weighted by Crippen LogP contribution is 2.26. The molecule has 0 amide bonds. The summed E-state index contributed by atoms with van der Waals surface area (Å²) in [7, 11) is 1.88. The molecule has 0 atom stereocenters. The predicted molar refractivity (Wildman–Crippen MR) is 61.3 cm³/mol. The summed E-state index contributed by atoms with van der Waals surface area (Å²) in [5, 5.41) is 9.63. The Labute approximate surface area is 101 Å². The van der Waals surface area contributed by atoms with Crippen LogP contribution in [0.5, 0.6) is 0 Å². The topological polar surface area (TPSA) is 82.5 Å². The Morgan fingerprint density at radius 1 is 1.38 bits per heavy atom. The molecule has 84 valence electrons. The molecule has 0 aliphatic carbocycles. The SMILES string of the molecule is Cc1nnc(Sc2cc(Cl)nc(N)n2)n1C. The first-order chi connectivity index (χ1) is 7.56. The zero-order chi connectivity index (χ0) is 11.7. The van der Waals surface area contributed by atoms with Gasteiger partial charge in [-0.05, 0) is 18.7 Å². The van der Waals surface area contributed by atoms with Gasteiger partial charge < -0.3 is 10.3 Å². The molecule has 0 saturated carbocycles. The Bertz CT molecular complexity index is 505. The summed E-state index contributed by atoms with van der Waals surface area (Å²) < 4.78 is 1.86. The zero-order valence-corrected chi connectivity index (χ0v) is 10.2. The van der Waals surface area contributed by atoms with Crippen LogP contribution in [0.1, 0.15) is 5.82 Å². The molecule has 0 fully saturated rings. The van der Waals surface area contributed by atoms with Crippen LogP contribution < -0.4 is 5.73 Å². The van der Waals surface area contributed by atoms with Crippen molar-refractivity contribution in [2.24, 2.45) is 7.05 Å². The second kappa shape index (κ2) is 4.26. The molecular formula is C8H9ClN6S. The number of aromatic nitrogens is 5. The van der Waals surface area contributed by atoms with Crippen molar-refractivity contribution in [2.75, 3.05) is 5.73 Å². The van der Waals surface area contributed by atoms with Crippen molar-refractivity contribution in [3.63, 3.8) is 0 Å². The van der Waals surface area contributed by atoms with Crippen LogP contribution in [0.3, 0.4) is 0 Å². The van der Waals surface area contributed by atoms with Crippen molar-refractivity contribution in [1.82, 2.24) is 24.7 Å². The van der Waals surface area contributed by atoms with Gasteiger partial charge in [-0.25, -0.2) is 9.97 Å². The van der Waals surface area contributed by atoms with E-state index >= 15 is 0 Å². The van der Waals surface area contributed by atoms with Crippen molar-refractivity contribution in [3.05, 3.63) is 17.0 Å². The summed E-state index contributed by atoms with van der Waals surface area (Å²) in [5.41, 5.74) is 5.49. The van der Waals surface area contributed by atoms with E-state index in [1.807, 2.05) is 18.5 Å². The lowest BCUT2D eigenvalue weighted by atomic mass is 10.7. The summed E-state index contributed by atoms with van der Waals surface area (Å²) in [6.45, 7) is 1.87. The van der Waals surface area contributed by atoms with Gasteiger partial charge in [0, 0.05) is 13.1 Å². The lowest BCUT2D eigenvalue weighted by Gasteiger charge is -2.01. The third-order valence-corrected chi connectivity index (χ3v) is 3.09. The largest absolute Gasteiger partial charge is 0.368 e. The number of hydrogen-bond donors (Lipinski definition) is 1. The second-order valence-electron chi connectivity index (χ2n) is 3.08. The molecule has 0 saturated heterocycles. The van der Waals surface area contributed by atoms with E-state index in [4.69, 9.17) is 17.3 Å². The van der Waals surface area contributed by atoms with Crippen LogP contribution in [-0.4, -0.2) is 24.7 Å². The molecule has 0 unspecified atom stereocenters. The van der Waals surface area contributed by atoms with Gasteiger partial charge in [0.2, 0.25) is 5.95 Å². The van der Waals surface area contributed by atoms with E-state index < -0.39 is 0 Å². The molecule has 2 heterocycles. The van der Waals surface area contributed by atoms with Gasteiger partial charge in [0.15, 0.2) is 5.16 Å². The average molecular weight is 257 g/mol. The minimum Gasteiger partial charge on any atom is -0.368 e. The fourth-order valence-electron chi connectivity index (χ4n) is 1.04. The fourth-order valence-corrected chi connectivity index (χ4v) is 2.14. The highest BCUT2D eigenvalue weighted by Gasteiger charge is 2.09. The molecule has 0 aromatic carbocycles. The zero-order valence-electron chi connectivity index (χ0n) is 8.68. The molecule has 6 nitrogen and oxygen atoms in total. The Morgan fingerprint density at radius 2 is 2.12 bits per heavy atom. The molecule has 0 bridgehead atoms. The van der Waals surface area contributed by atoms with Gasteiger partial charge in [-0.2, -0.15) is 0 Å². The molecule has 16 heavy (non-hydrogen) atoms. The summed E-state index contributed by atoms with van der Waals surface area (Å²) in [6.07, 6.45) is 0. The molecule has 2 aromatic rings. The summed E-state index contributed by atoms with van der Waals surface area (Å²) in [5.74, 6) is 0.976. The molecule has 0 spiro atoms. The second-order valence-corrected chi connectivity index (χ2v) is 4.45. The fraction of sp³-hybridized carbons (Fsp3) is 0.250. The van der Waals surface area contributed by atoms with Crippen molar-refractivity contribution < 1.29 is 0 Å². The van der Waals surface area contributed by atoms with Crippen LogP contribution in [0.15, 0.2) is 16.2 Å². The minimum absolute atomic E-state index is 0.147. The third-order valence-electron chi connectivity index (χ3n) is 1.94. The minimum atomic E-state index is 0.147. The predicted octanol–water partition coefficient (Wildman–Crippen LogP) is 1.30. The molecule has 2 aromatic heterocycles. The van der Waals surface area contributed by atoms with E-state index in [-0.39, 0.29) is 5.95 Å². The number of halogens is 1. The van der Waals surface area contributed by atoms with E-state index in [1.165, 1.54) is 11.8 Å². The first-order valence-corrected chi connectivity index (χ1v) is 5.59. The lowest BCUT2D eigenvalue weighted by Crippen LogP contribution is -1.97. The van der Waals surface area contributed by atoms with Gasteiger partial charge in [-0.1, -0.05) is 11.6 Å². The van der Waals surface area contributed by atoms with Crippen LogP contribution in [0, 0.1) is 6.92 Å². The molecule has 0 aliphatic heterocycles. The quantitative estimate of drug-likeness (QED) is 0.816. The van der Waals surface area contributed by atoms with Crippen LogP contribution in [0.4, 0.5) is 5.95 Å². The van der Waals surface area contributed by atoms with Gasteiger partial charge in [0.05, 0.1) is 0 Å².